The topological polar surface area (TPSA) is 99.0 Å². The van der Waals surface area contributed by atoms with Crippen LogP contribution in [0.4, 0.5) is 0 Å². The van der Waals surface area contributed by atoms with Crippen molar-refractivity contribution in [1.29, 1.82) is 0 Å². The third kappa shape index (κ3) is 5.19. The molecule has 1 N–H and O–H groups in total. The van der Waals surface area contributed by atoms with Crippen molar-refractivity contribution in [2.45, 2.75) is 19.5 Å². The van der Waals surface area contributed by atoms with Gasteiger partial charge in [0.25, 0.3) is 5.91 Å². The smallest absolute Gasteiger partial charge is 0.328 e. The Balaban J connectivity index is 1.81. The van der Waals surface area contributed by atoms with E-state index in [-0.39, 0.29) is 12.6 Å². The molecule has 1 amide bonds. The Morgan fingerprint density at radius 1 is 1.39 bits per heavy atom. The number of rotatable bonds is 6. The van der Waals surface area contributed by atoms with Gasteiger partial charge < -0.3 is 10.1 Å². The molecule has 1 aromatic heterocycles. The molecule has 0 fully saturated rings. The molecule has 0 aliphatic carbocycles. The molecule has 2 aromatic rings. The van der Waals surface area contributed by atoms with Gasteiger partial charge in [-0.2, -0.15) is 0 Å². The lowest BCUT2D eigenvalue weighted by atomic mass is 10.1. The van der Waals surface area contributed by atoms with Gasteiger partial charge in [0.05, 0.1) is 6.04 Å². The van der Waals surface area contributed by atoms with Crippen LogP contribution in [0.2, 0.25) is 10.0 Å². The van der Waals surface area contributed by atoms with E-state index in [0.29, 0.717) is 15.6 Å². The van der Waals surface area contributed by atoms with Crippen LogP contribution in [0.25, 0.3) is 0 Å². The number of nitrogens with one attached hydrogen (secondary N) is 1. The minimum Gasteiger partial charge on any atom is -0.454 e. The molecule has 23 heavy (non-hydrogen) atoms. The number of aromatic nitrogens is 4. The predicted octanol–water partition coefficient (Wildman–Crippen LogP) is 1.40. The molecule has 1 atom stereocenters. The highest BCUT2D eigenvalue weighted by molar-refractivity contribution is 6.35. The number of benzene rings is 1. The lowest BCUT2D eigenvalue weighted by molar-refractivity contribution is -0.149. The molecule has 0 radical (unpaired) electrons. The van der Waals surface area contributed by atoms with Gasteiger partial charge in [-0.15, -0.1) is 5.10 Å². The molecule has 1 unspecified atom stereocenters. The summed E-state index contributed by atoms with van der Waals surface area (Å²) in [7, 11) is 0. The number of halogens is 2. The van der Waals surface area contributed by atoms with E-state index < -0.39 is 18.5 Å². The van der Waals surface area contributed by atoms with Crippen molar-refractivity contribution < 1.29 is 14.3 Å². The lowest BCUT2D eigenvalue weighted by Gasteiger charge is -2.16. The highest BCUT2D eigenvalue weighted by Crippen LogP contribution is 2.25. The number of tetrazole rings is 1. The first-order chi connectivity index (χ1) is 11.0. The van der Waals surface area contributed by atoms with Crippen molar-refractivity contribution in [2.24, 2.45) is 0 Å². The van der Waals surface area contributed by atoms with Crippen LogP contribution in [0.3, 0.4) is 0 Å². The van der Waals surface area contributed by atoms with E-state index in [4.69, 9.17) is 27.9 Å². The van der Waals surface area contributed by atoms with Gasteiger partial charge in [0.15, 0.2) is 6.61 Å². The van der Waals surface area contributed by atoms with Crippen LogP contribution in [0.1, 0.15) is 18.5 Å². The second-order valence-electron chi connectivity index (χ2n) is 4.62. The summed E-state index contributed by atoms with van der Waals surface area (Å²) in [5.74, 6) is -1.07. The first kappa shape index (κ1) is 17.2. The molecular formula is C13H13Cl2N5O3. The molecule has 1 heterocycles. The van der Waals surface area contributed by atoms with Crippen LogP contribution in [0, 0.1) is 0 Å². The van der Waals surface area contributed by atoms with Crippen molar-refractivity contribution in [3.05, 3.63) is 40.1 Å². The fourth-order valence-electron chi connectivity index (χ4n) is 1.79. The number of esters is 1. The number of hydrogen-bond acceptors (Lipinski definition) is 6. The summed E-state index contributed by atoms with van der Waals surface area (Å²) in [6.07, 6.45) is 1.27. The molecule has 0 saturated heterocycles. The van der Waals surface area contributed by atoms with E-state index in [1.165, 1.54) is 11.0 Å². The van der Waals surface area contributed by atoms with Gasteiger partial charge in [-0.05, 0) is 35.0 Å². The van der Waals surface area contributed by atoms with Gasteiger partial charge in [0.1, 0.15) is 12.9 Å². The zero-order valence-corrected chi connectivity index (χ0v) is 13.6. The SMILES string of the molecule is CC(NC(=O)COC(=O)Cn1cnnn1)c1ccc(Cl)cc1Cl. The number of carbonyl (C=O) groups is 2. The predicted molar refractivity (Wildman–Crippen MR) is 81.8 cm³/mol. The maximum absolute atomic E-state index is 11.8. The monoisotopic (exact) mass is 357 g/mol. The normalized spacial score (nSPS) is 11.8. The van der Waals surface area contributed by atoms with Gasteiger partial charge >= 0.3 is 5.97 Å². The van der Waals surface area contributed by atoms with Gasteiger partial charge in [0.2, 0.25) is 0 Å². The van der Waals surface area contributed by atoms with Crippen molar-refractivity contribution >= 4 is 35.1 Å². The van der Waals surface area contributed by atoms with Gasteiger partial charge in [0, 0.05) is 10.0 Å². The maximum atomic E-state index is 11.8. The molecule has 0 saturated carbocycles. The van der Waals surface area contributed by atoms with Gasteiger partial charge in [-0.3, -0.25) is 9.59 Å². The zero-order valence-electron chi connectivity index (χ0n) is 12.1. The molecule has 0 aliphatic rings. The fraction of sp³-hybridized carbons (Fsp3) is 0.308. The van der Waals surface area contributed by atoms with Crippen LogP contribution < -0.4 is 5.32 Å². The van der Waals surface area contributed by atoms with Crippen LogP contribution in [-0.2, 0) is 20.9 Å². The third-order valence-electron chi connectivity index (χ3n) is 2.85. The third-order valence-corrected chi connectivity index (χ3v) is 3.42. The lowest BCUT2D eigenvalue weighted by Crippen LogP contribution is -2.31. The van der Waals surface area contributed by atoms with E-state index in [0.717, 1.165) is 0 Å². The largest absolute Gasteiger partial charge is 0.454 e. The number of nitrogens with zero attached hydrogens (tertiary/aromatic N) is 4. The molecule has 122 valence electrons. The second-order valence-corrected chi connectivity index (χ2v) is 5.47. The van der Waals surface area contributed by atoms with Gasteiger partial charge in [-0.25, -0.2) is 4.68 Å². The molecule has 0 spiro atoms. The highest BCUT2D eigenvalue weighted by Gasteiger charge is 2.14. The second kappa shape index (κ2) is 7.89. The summed E-state index contributed by atoms with van der Waals surface area (Å²) >= 11 is 11.9. The Bertz CT molecular complexity index is 693. The van der Waals surface area contributed by atoms with Crippen LogP contribution in [0.5, 0.6) is 0 Å². The summed E-state index contributed by atoms with van der Waals surface area (Å²) in [6, 6.07) is 4.63. The maximum Gasteiger partial charge on any atom is 0.328 e. The van der Waals surface area contributed by atoms with E-state index in [9.17, 15) is 9.59 Å². The van der Waals surface area contributed by atoms with E-state index in [1.54, 1.807) is 25.1 Å². The van der Waals surface area contributed by atoms with E-state index in [2.05, 4.69) is 20.8 Å². The Hall–Kier alpha value is -2.19. The average molecular weight is 358 g/mol. The molecule has 1 aromatic carbocycles. The Kier molecular flexibility index (Phi) is 5.89. The van der Waals surface area contributed by atoms with Gasteiger partial charge in [-0.1, -0.05) is 29.3 Å². The first-order valence-electron chi connectivity index (χ1n) is 6.56. The first-order valence-corrected chi connectivity index (χ1v) is 7.32. The van der Waals surface area contributed by atoms with E-state index in [1.807, 2.05) is 0 Å². The van der Waals surface area contributed by atoms with Crippen LogP contribution in [-0.4, -0.2) is 38.7 Å². The van der Waals surface area contributed by atoms with Crippen molar-refractivity contribution in [1.82, 2.24) is 25.5 Å². The number of amides is 1. The molecule has 8 nitrogen and oxygen atoms in total. The molecular weight excluding hydrogens is 345 g/mol. The number of carbonyl (C=O) groups excluding carboxylic acids is 2. The van der Waals surface area contributed by atoms with Crippen LogP contribution in [0.15, 0.2) is 24.5 Å². The summed E-state index contributed by atoms with van der Waals surface area (Å²) < 4.78 is 6.03. The molecule has 2 rings (SSSR count). The number of hydrogen-bond donors (Lipinski definition) is 1. The molecule has 0 bridgehead atoms. The summed E-state index contributed by atoms with van der Waals surface area (Å²) in [4.78, 5) is 23.3. The van der Waals surface area contributed by atoms with Crippen molar-refractivity contribution in [3.8, 4) is 0 Å². The van der Waals surface area contributed by atoms with Crippen LogP contribution >= 0.6 is 23.2 Å². The van der Waals surface area contributed by atoms with E-state index >= 15 is 0 Å². The Morgan fingerprint density at radius 3 is 2.83 bits per heavy atom. The standard InChI is InChI=1S/C13H13Cl2N5O3/c1-8(10-3-2-9(14)4-11(10)15)17-12(21)6-23-13(22)5-20-7-16-18-19-20/h2-4,7-8H,5-6H2,1H3,(H,17,21). The average Bonchev–Trinajstić information content (AvgIpc) is 2.97. The minimum absolute atomic E-state index is 0.168. The summed E-state index contributed by atoms with van der Waals surface area (Å²) in [5.41, 5.74) is 0.712. The summed E-state index contributed by atoms with van der Waals surface area (Å²) in [5, 5.41) is 13.9. The highest BCUT2D eigenvalue weighted by atomic mass is 35.5. The minimum atomic E-state index is -0.621. The van der Waals surface area contributed by atoms with Crippen molar-refractivity contribution in [2.75, 3.05) is 6.61 Å². The van der Waals surface area contributed by atoms with Crippen molar-refractivity contribution in [3.63, 3.8) is 0 Å². The quantitative estimate of drug-likeness (QED) is 0.784. The Labute approximate surface area is 141 Å². The Morgan fingerprint density at radius 2 is 2.17 bits per heavy atom. The number of ether oxygens (including phenoxy) is 1. The molecule has 10 heteroatoms. The molecule has 0 aliphatic heterocycles. The zero-order chi connectivity index (χ0) is 16.8. The fourth-order valence-corrected chi connectivity index (χ4v) is 2.36. The summed E-state index contributed by atoms with van der Waals surface area (Å²) in [6.45, 7) is 1.19.